The van der Waals surface area contributed by atoms with Gasteiger partial charge >= 0.3 is 0 Å². The monoisotopic (exact) mass is 754 g/mol. The van der Waals surface area contributed by atoms with Gasteiger partial charge in [0.1, 0.15) is 0 Å². The van der Waals surface area contributed by atoms with Crippen LogP contribution >= 0.6 is 0 Å². The summed E-state index contributed by atoms with van der Waals surface area (Å²) < 4.78 is 0. The summed E-state index contributed by atoms with van der Waals surface area (Å²) in [4.78, 5) is 0. The predicted molar refractivity (Wildman–Crippen MR) is 259 cm³/mol. The van der Waals surface area contributed by atoms with Crippen LogP contribution in [0.1, 0.15) is 0 Å². The fourth-order valence-electron chi connectivity index (χ4n) is 11.2. The number of benzene rings is 13. The smallest absolute Gasteiger partial charge is 0.000762 e. The van der Waals surface area contributed by atoms with E-state index < -0.39 is 0 Å². The van der Waals surface area contributed by atoms with Crippen LogP contribution in [0.25, 0.3) is 141 Å². The highest BCUT2D eigenvalue weighted by molar-refractivity contribution is 6.39. The fraction of sp³-hybridized carbons (Fsp3) is 0. The van der Waals surface area contributed by atoms with Crippen LogP contribution in [0, 0.1) is 0 Å². The fourth-order valence-corrected chi connectivity index (χ4v) is 11.2. The molecule has 13 aromatic rings. The lowest BCUT2D eigenvalue weighted by Gasteiger charge is -2.18. The van der Waals surface area contributed by atoms with Crippen molar-refractivity contribution in [1.29, 1.82) is 0 Å². The standard InChI is InChI=1S/C60H34/c1-4-16-39-36(13-1)31-52(45-22-10-7-19-42(39)45)48-29-30-51-58-49(53-32-37-14-2-5-17-40(37)43-20-8-11-23-46(43)53)27-25-35-26-28-50-55(34-56(48)59(51)60(50)57(35)58)54-33-38-15-3-6-18-41(38)44-21-9-12-24-47(44)54/h1-34H. The molecule has 0 saturated carbocycles. The number of hydrogen-bond donors (Lipinski definition) is 0. The molecule has 0 nitrogen and oxygen atoms in total. The van der Waals surface area contributed by atoms with Crippen LogP contribution < -0.4 is 0 Å². The molecule has 0 aromatic heterocycles. The van der Waals surface area contributed by atoms with Crippen molar-refractivity contribution in [2.45, 2.75) is 0 Å². The highest BCUT2D eigenvalue weighted by atomic mass is 14.3. The zero-order valence-electron chi connectivity index (χ0n) is 32.6. The van der Waals surface area contributed by atoms with Gasteiger partial charge < -0.3 is 0 Å². The summed E-state index contributed by atoms with van der Waals surface area (Å²) in [5, 5.41) is 23.3. The molecule has 1 aliphatic rings. The Morgan fingerprint density at radius 2 is 0.550 bits per heavy atom. The molecule has 14 rings (SSSR count). The first-order chi connectivity index (χ1) is 29.8. The predicted octanol–water partition coefficient (Wildman–Crippen LogP) is 17.0. The van der Waals surface area contributed by atoms with E-state index in [2.05, 4.69) is 206 Å². The van der Waals surface area contributed by atoms with Gasteiger partial charge in [-0.1, -0.05) is 182 Å². The lowest BCUT2D eigenvalue weighted by Crippen LogP contribution is -1.90. The van der Waals surface area contributed by atoms with Gasteiger partial charge in [0.05, 0.1) is 0 Å². The van der Waals surface area contributed by atoms with E-state index in [4.69, 9.17) is 0 Å². The molecule has 274 valence electrons. The maximum absolute atomic E-state index is 2.54. The van der Waals surface area contributed by atoms with Crippen LogP contribution in [0.15, 0.2) is 206 Å². The van der Waals surface area contributed by atoms with Gasteiger partial charge in [-0.3, -0.25) is 0 Å². The van der Waals surface area contributed by atoms with E-state index in [1.807, 2.05) is 0 Å². The number of hydrogen-bond acceptors (Lipinski definition) is 0. The van der Waals surface area contributed by atoms with Crippen LogP contribution in [0.3, 0.4) is 0 Å². The van der Waals surface area contributed by atoms with Gasteiger partial charge in [-0.15, -0.1) is 0 Å². The molecule has 0 aliphatic heterocycles. The average molecular weight is 755 g/mol. The van der Waals surface area contributed by atoms with Crippen molar-refractivity contribution in [3.05, 3.63) is 206 Å². The number of fused-ring (bicyclic) bond motifs is 10. The normalized spacial score (nSPS) is 12.3. The molecule has 0 unspecified atom stereocenters. The lowest BCUT2D eigenvalue weighted by atomic mass is 9.85. The van der Waals surface area contributed by atoms with Gasteiger partial charge in [0.25, 0.3) is 0 Å². The van der Waals surface area contributed by atoms with Crippen LogP contribution in [-0.2, 0) is 0 Å². The second-order valence-corrected chi connectivity index (χ2v) is 16.7. The van der Waals surface area contributed by atoms with Crippen LogP contribution in [0.4, 0.5) is 0 Å². The molecule has 0 amide bonds. The molecule has 60 heavy (non-hydrogen) atoms. The Bertz CT molecular complexity index is 4050. The van der Waals surface area contributed by atoms with Crippen molar-refractivity contribution in [2.75, 3.05) is 0 Å². The minimum absolute atomic E-state index is 1.26. The summed E-state index contributed by atoms with van der Waals surface area (Å²) in [6.07, 6.45) is 0. The molecule has 1 aliphatic carbocycles. The molecule has 0 heterocycles. The Morgan fingerprint density at radius 3 is 1.08 bits per heavy atom. The molecule has 0 radical (unpaired) electrons. The maximum atomic E-state index is 2.54. The molecule has 0 atom stereocenters. The minimum atomic E-state index is 1.26. The Balaban J connectivity index is 1.17. The first-order valence-electron chi connectivity index (χ1n) is 21.0. The van der Waals surface area contributed by atoms with E-state index >= 15 is 0 Å². The summed E-state index contributed by atoms with van der Waals surface area (Å²) in [5.41, 5.74) is 10.3. The first kappa shape index (κ1) is 32.2. The molecule has 13 aromatic carbocycles. The van der Waals surface area contributed by atoms with Gasteiger partial charge in [-0.2, -0.15) is 0 Å². The van der Waals surface area contributed by atoms with Crippen molar-refractivity contribution in [2.24, 2.45) is 0 Å². The molecule has 0 fully saturated rings. The van der Waals surface area contributed by atoms with E-state index in [-0.39, 0.29) is 0 Å². The molecule has 0 bridgehead atoms. The summed E-state index contributed by atoms with van der Waals surface area (Å²) in [6, 6.07) is 77.7. The Hall–Kier alpha value is -7.80. The SMILES string of the molecule is c1ccc2c(c1)cc(-c1ccc3ccc4c(-c5cc6ccccc6c6ccccc56)cc5c(-c6cc7ccccc7c7ccccc67)ccc6c5c4c3c1-6)c1ccccc12. The quantitative estimate of drug-likeness (QED) is 0.158. The molecule has 0 heteroatoms. The van der Waals surface area contributed by atoms with E-state index in [0.717, 1.165) is 0 Å². The third-order valence-electron chi connectivity index (χ3n) is 13.7. The topological polar surface area (TPSA) is 0 Å². The van der Waals surface area contributed by atoms with Crippen molar-refractivity contribution in [3.63, 3.8) is 0 Å². The number of rotatable bonds is 3. The summed E-state index contributed by atoms with van der Waals surface area (Å²) >= 11 is 0. The zero-order chi connectivity index (χ0) is 39.1. The second kappa shape index (κ2) is 11.9. The Kier molecular flexibility index (Phi) is 6.38. The molecule has 0 N–H and O–H groups in total. The van der Waals surface area contributed by atoms with Gasteiger partial charge in [-0.05, 0) is 166 Å². The van der Waals surface area contributed by atoms with Crippen molar-refractivity contribution < 1.29 is 0 Å². The second-order valence-electron chi connectivity index (χ2n) is 16.7. The van der Waals surface area contributed by atoms with Crippen LogP contribution in [0.2, 0.25) is 0 Å². The molecular weight excluding hydrogens is 721 g/mol. The van der Waals surface area contributed by atoms with Gasteiger partial charge in [-0.25, -0.2) is 0 Å². The maximum Gasteiger partial charge on any atom is -0.000762 e. The van der Waals surface area contributed by atoms with E-state index in [1.54, 1.807) is 0 Å². The average Bonchev–Trinajstić information content (AvgIpc) is 3.67. The van der Waals surface area contributed by atoms with Crippen LogP contribution in [-0.4, -0.2) is 0 Å². The Labute approximate surface area is 346 Å². The summed E-state index contributed by atoms with van der Waals surface area (Å²) in [7, 11) is 0. The van der Waals surface area contributed by atoms with Crippen molar-refractivity contribution in [3.8, 4) is 44.5 Å². The van der Waals surface area contributed by atoms with Crippen molar-refractivity contribution >= 4 is 97.0 Å². The highest BCUT2D eigenvalue weighted by Crippen LogP contribution is 2.56. The molecule has 0 spiro atoms. The Morgan fingerprint density at radius 1 is 0.167 bits per heavy atom. The molecule has 0 saturated heterocycles. The minimum Gasteiger partial charge on any atom is -0.0616 e. The summed E-state index contributed by atoms with van der Waals surface area (Å²) in [6.45, 7) is 0. The van der Waals surface area contributed by atoms with Crippen LogP contribution in [0.5, 0.6) is 0 Å². The lowest BCUT2D eigenvalue weighted by molar-refractivity contribution is 1.69. The van der Waals surface area contributed by atoms with Gasteiger partial charge in [0, 0.05) is 0 Å². The summed E-state index contributed by atoms with van der Waals surface area (Å²) in [5.74, 6) is 0. The highest BCUT2D eigenvalue weighted by Gasteiger charge is 2.28. The molecular formula is C60H34. The van der Waals surface area contributed by atoms with E-state index in [1.165, 1.54) is 141 Å². The first-order valence-corrected chi connectivity index (χ1v) is 21.0. The van der Waals surface area contributed by atoms with E-state index in [9.17, 15) is 0 Å². The zero-order valence-corrected chi connectivity index (χ0v) is 32.6. The van der Waals surface area contributed by atoms with Gasteiger partial charge in [0.2, 0.25) is 0 Å². The van der Waals surface area contributed by atoms with E-state index in [0.29, 0.717) is 0 Å². The van der Waals surface area contributed by atoms with Crippen molar-refractivity contribution in [1.82, 2.24) is 0 Å². The van der Waals surface area contributed by atoms with Gasteiger partial charge in [0.15, 0.2) is 0 Å². The third-order valence-corrected chi connectivity index (χ3v) is 13.7. The third kappa shape index (κ3) is 4.24. The largest absolute Gasteiger partial charge is 0.0616 e.